The zero-order valence-corrected chi connectivity index (χ0v) is 19.6. The van der Waals surface area contributed by atoms with Gasteiger partial charge >= 0.3 is 0 Å². The number of ether oxygens (including phenoxy) is 2. The Morgan fingerprint density at radius 2 is 1.91 bits per heavy atom. The predicted octanol–water partition coefficient (Wildman–Crippen LogP) is 2.22. The Kier molecular flexibility index (Phi) is 7.90. The maximum Gasteiger partial charge on any atom is 0.254 e. The van der Waals surface area contributed by atoms with E-state index in [1.807, 2.05) is 0 Å². The number of rotatable bonds is 7. The molecule has 2 aromatic carbocycles. The third-order valence-electron chi connectivity index (χ3n) is 4.93. The van der Waals surface area contributed by atoms with Crippen molar-refractivity contribution in [3.05, 3.63) is 52.8 Å². The van der Waals surface area contributed by atoms with Crippen molar-refractivity contribution in [2.24, 2.45) is 0 Å². The maximum absolute atomic E-state index is 14.4. The number of amides is 2. The third-order valence-corrected chi connectivity index (χ3v) is 7.08. The first kappa shape index (κ1) is 24.9. The fourth-order valence-electron chi connectivity index (χ4n) is 3.24. The second-order valence-corrected chi connectivity index (χ2v) is 9.56. The smallest absolute Gasteiger partial charge is 0.254 e. The number of methoxy groups -OCH3 is 1. The van der Waals surface area contributed by atoms with Crippen molar-refractivity contribution in [3.63, 3.8) is 0 Å². The van der Waals surface area contributed by atoms with Crippen LogP contribution < -0.4 is 10.1 Å². The molecule has 0 radical (unpaired) electrons. The number of hydrogen-bond donors (Lipinski definition) is 1. The molecule has 2 aromatic rings. The van der Waals surface area contributed by atoms with Crippen LogP contribution in [-0.4, -0.2) is 76.4 Å². The first-order chi connectivity index (χ1) is 15.6. The number of halogens is 2. The molecule has 0 spiro atoms. The van der Waals surface area contributed by atoms with Crippen LogP contribution in [0.1, 0.15) is 10.4 Å². The second kappa shape index (κ2) is 10.5. The summed E-state index contributed by atoms with van der Waals surface area (Å²) in [7, 11) is -1.34. The van der Waals surface area contributed by atoms with E-state index in [4.69, 9.17) is 21.1 Å². The SMILES string of the molecule is COc1ccc(Cl)cc1NC(=O)CN(C)C(=O)c1ccc(F)c(S(=O)(=O)N2CCOCC2)c1. The molecule has 1 fully saturated rings. The van der Waals surface area contributed by atoms with Crippen molar-refractivity contribution < 1.29 is 31.9 Å². The van der Waals surface area contributed by atoms with Crippen molar-refractivity contribution in [1.29, 1.82) is 0 Å². The van der Waals surface area contributed by atoms with Crippen LogP contribution in [0.4, 0.5) is 10.1 Å². The fraction of sp³-hybridized carbons (Fsp3) is 0.333. The van der Waals surface area contributed by atoms with Gasteiger partial charge in [-0.2, -0.15) is 4.31 Å². The average molecular weight is 500 g/mol. The molecule has 3 rings (SSSR count). The number of anilines is 1. The summed E-state index contributed by atoms with van der Waals surface area (Å²) in [6.07, 6.45) is 0. The number of benzene rings is 2. The van der Waals surface area contributed by atoms with Gasteiger partial charge < -0.3 is 19.7 Å². The quantitative estimate of drug-likeness (QED) is 0.626. The van der Waals surface area contributed by atoms with Gasteiger partial charge in [0.1, 0.15) is 16.5 Å². The van der Waals surface area contributed by atoms with Gasteiger partial charge in [0.2, 0.25) is 15.9 Å². The van der Waals surface area contributed by atoms with E-state index in [-0.39, 0.29) is 38.4 Å². The number of sulfonamides is 1. The molecule has 1 saturated heterocycles. The van der Waals surface area contributed by atoms with Gasteiger partial charge in [0.25, 0.3) is 5.91 Å². The van der Waals surface area contributed by atoms with Crippen LogP contribution in [0.3, 0.4) is 0 Å². The number of nitrogens with one attached hydrogen (secondary N) is 1. The van der Waals surface area contributed by atoms with Gasteiger partial charge in [-0.25, -0.2) is 12.8 Å². The molecule has 0 saturated carbocycles. The van der Waals surface area contributed by atoms with Crippen LogP contribution in [0.25, 0.3) is 0 Å². The summed E-state index contributed by atoms with van der Waals surface area (Å²) < 4.78 is 51.5. The van der Waals surface area contributed by atoms with E-state index in [0.717, 1.165) is 21.3 Å². The minimum Gasteiger partial charge on any atom is -0.495 e. The lowest BCUT2D eigenvalue weighted by atomic mass is 10.2. The molecule has 1 aliphatic heterocycles. The molecule has 9 nitrogen and oxygen atoms in total. The van der Waals surface area contributed by atoms with Crippen LogP contribution in [0, 0.1) is 5.82 Å². The van der Waals surface area contributed by atoms with Crippen molar-refractivity contribution in [2.75, 3.05) is 52.3 Å². The van der Waals surface area contributed by atoms with E-state index in [9.17, 15) is 22.4 Å². The van der Waals surface area contributed by atoms with Gasteiger partial charge in [-0.05, 0) is 36.4 Å². The van der Waals surface area contributed by atoms with Crippen LogP contribution in [0.2, 0.25) is 5.02 Å². The summed E-state index contributed by atoms with van der Waals surface area (Å²) in [4.78, 5) is 25.8. The summed E-state index contributed by atoms with van der Waals surface area (Å²) >= 11 is 5.95. The normalized spacial score (nSPS) is 14.5. The van der Waals surface area contributed by atoms with E-state index >= 15 is 0 Å². The fourth-order valence-corrected chi connectivity index (χ4v) is 4.91. The van der Waals surface area contributed by atoms with Crippen molar-refractivity contribution in [1.82, 2.24) is 9.21 Å². The zero-order valence-electron chi connectivity index (χ0n) is 18.0. The summed E-state index contributed by atoms with van der Waals surface area (Å²) in [6.45, 7) is 0.237. The van der Waals surface area contributed by atoms with Crippen molar-refractivity contribution >= 4 is 39.1 Å². The summed E-state index contributed by atoms with van der Waals surface area (Å²) in [5, 5.41) is 3.00. The minimum atomic E-state index is -4.15. The standard InChI is InChI=1S/C21H23ClFN3O6S/c1-25(13-20(27)24-17-12-15(22)4-6-18(17)31-2)21(28)14-3-5-16(23)19(11-14)33(29,30)26-7-9-32-10-8-26/h3-6,11-12H,7-10,13H2,1-2H3,(H,24,27). The number of likely N-dealkylation sites (N-methyl/N-ethyl adjacent to an activating group) is 1. The van der Waals surface area contributed by atoms with Gasteiger partial charge in [-0.3, -0.25) is 9.59 Å². The monoisotopic (exact) mass is 499 g/mol. The summed E-state index contributed by atoms with van der Waals surface area (Å²) in [5.41, 5.74) is 0.260. The van der Waals surface area contributed by atoms with E-state index in [0.29, 0.717) is 16.5 Å². The molecule has 0 aromatic heterocycles. The number of morpholine rings is 1. The molecule has 2 amide bonds. The largest absolute Gasteiger partial charge is 0.495 e. The molecule has 33 heavy (non-hydrogen) atoms. The number of nitrogens with zero attached hydrogens (tertiary/aromatic N) is 2. The Balaban J connectivity index is 1.75. The molecule has 178 valence electrons. The Labute approximate surface area is 196 Å². The lowest BCUT2D eigenvalue weighted by Gasteiger charge is -2.26. The van der Waals surface area contributed by atoms with E-state index < -0.39 is 32.6 Å². The third kappa shape index (κ3) is 5.80. The minimum absolute atomic E-state index is 0.0705. The second-order valence-electron chi connectivity index (χ2n) is 7.22. The zero-order chi connectivity index (χ0) is 24.2. The first-order valence-electron chi connectivity index (χ1n) is 9.90. The molecule has 0 aliphatic carbocycles. The molecule has 0 atom stereocenters. The highest BCUT2D eigenvalue weighted by Crippen LogP contribution is 2.27. The van der Waals surface area contributed by atoms with Gasteiger partial charge in [0.15, 0.2) is 0 Å². The topological polar surface area (TPSA) is 105 Å². The van der Waals surface area contributed by atoms with Gasteiger partial charge in [-0.1, -0.05) is 11.6 Å². The van der Waals surface area contributed by atoms with Crippen LogP contribution >= 0.6 is 11.6 Å². The maximum atomic E-state index is 14.4. The molecule has 0 bridgehead atoms. The average Bonchev–Trinajstić information content (AvgIpc) is 2.79. The molecule has 1 aliphatic rings. The molecule has 0 unspecified atom stereocenters. The highest BCUT2D eigenvalue weighted by molar-refractivity contribution is 7.89. The van der Waals surface area contributed by atoms with Crippen LogP contribution in [-0.2, 0) is 19.6 Å². The molecule has 1 N–H and O–H groups in total. The van der Waals surface area contributed by atoms with Gasteiger partial charge in [0.05, 0.1) is 32.6 Å². The predicted molar refractivity (Wildman–Crippen MR) is 120 cm³/mol. The first-order valence-corrected chi connectivity index (χ1v) is 11.7. The van der Waals surface area contributed by atoms with E-state index in [1.165, 1.54) is 26.3 Å². The number of carbonyl (C=O) groups excluding carboxylic acids is 2. The van der Waals surface area contributed by atoms with E-state index in [1.54, 1.807) is 12.1 Å². The molecular weight excluding hydrogens is 477 g/mol. The highest BCUT2D eigenvalue weighted by atomic mass is 35.5. The molecular formula is C21H23ClFN3O6S. The highest BCUT2D eigenvalue weighted by Gasteiger charge is 2.30. The summed E-state index contributed by atoms with van der Waals surface area (Å²) in [6, 6.07) is 7.76. The van der Waals surface area contributed by atoms with Gasteiger partial charge in [0, 0.05) is 30.7 Å². The number of carbonyl (C=O) groups is 2. The van der Waals surface area contributed by atoms with Crippen LogP contribution in [0.15, 0.2) is 41.3 Å². The Morgan fingerprint density at radius 1 is 1.21 bits per heavy atom. The Bertz CT molecular complexity index is 1150. The summed E-state index contributed by atoms with van der Waals surface area (Å²) in [5.74, 6) is -1.76. The Hall–Kier alpha value is -2.73. The molecule has 1 heterocycles. The van der Waals surface area contributed by atoms with Crippen molar-refractivity contribution in [3.8, 4) is 5.75 Å². The lowest BCUT2D eigenvalue weighted by Crippen LogP contribution is -2.41. The molecule has 12 heteroatoms. The number of hydrogen-bond acceptors (Lipinski definition) is 6. The van der Waals surface area contributed by atoms with E-state index in [2.05, 4.69) is 5.32 Å². The lowest BCUT2D eigenvalue weighted by molar-refractivity contribution is -0.116. The van der Waals surface area contributed by atoms with Crippen molar-refractivity contribution in [2.45, 2.75) is 4.90 Å². The Morgan fingerprint density at radius 3 is 2.58 bits per heavy atom. The van der Waals surface area contributed by atoms with Crippen LogP contribution in [0.5, 0.6) is 5.75 Å². The van der Waals surface area contributed by atoms with Gasteiger partial charge in [-0.15, -0.1) is 0 Å².